The monoisotopic (exact) mass is 140 g/mol. The van der Waals surface area contributed by atoms with Crippen LogP contribution >= 0.6 is 0 Å². The maximum Gasteiger partial charge on any atom is 0.309 e. The molecular formula is C8H12O2. The van der Waals surface area contributed by atoms with Gasteiger partial charge in [0.2, 0.25) is 0 Å². The molecule has 0 aromatic carbocycles. The molecule has 0 radical (unpaired) electrons. The molecular weight excluding hydrogens is 128 g/mol. The Morgan fingerprint density at radius 2 is 2.00 bits per heavy atom. The van der Waals surface area contributed by atoms with Crippen molar-refractivity contribution < 1.29 is 9.90 Å². The van der Waals surface area contributed by atoms with Crippen LogP contribution in [0.3, 0.4) is 0 Å². The molecule has 56 valence electrons. The third kappa shape index (κ3) is 0.678. The lowest BCUT2D eigenvalue weighted by atomic mass is 9.86. The van der Waals surface area contributed by atoms with Gasteiger partial charge < -0.3 is 5.11 Å². The van der Waals surface area contributed by atoms with Gasteiger partial charge in [-0.3, -0.25) is 4.79 Å². The van der Waals surface area contributed by atoms with Gasteiger partial charge in [0.25, 0.3) is 0 Å². The molecule has 2 aliphatic rings. The third-order valence-electron chi connectivity index (χ3n) is 3.01. The van der Waals surface area contributed by atoms with Crippen molar-refractivity contribution >= 4 is 5.97 Å². The van der Waals surface area contributed by atoms with Gasteiger partial charge in [-0.15, -0.1) is 0 Å². The van der Waals surface area contributed by atoms with Crippen LogP contribution in [0.5, 0.6) is 0 Å². The summed E-state index contributed by atoms with van der Waals surface area (Å²) in [5.41, 5.74) is -0.367. The van der Waals surface area contributed by atoms with E-state index in [2.05, 4.69) is 0 Å². The fourth-order valence-electron chi connectivity index (χ4n) is 2.23. The van der Waals surface area contributed by atoms with Crippen LogP contribution in [0.25, 0.3) is 0 Å². The highest BCUT2D eigenvalue weighted by atomic mass is 16.4. The first-order chi connectivity index (χ1) is 4.62. The fraction of sp³-hybridized carbons (Fsp3) is 0.875. The first kappa shape index (κ1) is 6.20. The number of fused-ring (bicyclic) bond motifs is 1. The van der Waals surface area contributed by atoms with Gasteiger partial charge in [0.05, 0.1) is 5.41 Å². The van der Waals surface area contributed by atoms with Gasteiger partial charge in [-0.05, 0) is 38.0 Å². The number of aliphatic carboxylic acids is 1. The average Bonchev–Trinajstić information content (AvgIpc) is 2.41. The van der Waals surface area contributed by atoms with Crippen molar-refractivity contribution in [3.63, 3.8) is 0 Å². The minimum absolute atomic E-state index is 0.367. The van der Waals surface area contributed by atoms with Crippen LogP contribution in [-0.2, 0) is 4.79 Å². The first-order valence-electron chi connectivity index (χ1n) is 3.85. The summed E-state index contributed by atoms with van der Waals surface area (Å²) in [7, 11) is 0. The maximum absolute atomic E-state index is 10.7. The summed E-state index contributed by atoms with van der Waals surface area (Å²) < 4.78 is 0. The molecule has 0 heterocycles. The van der Waals surface area contributed by atoms with E-state index in [1.807, 2.05) is 6.92 Å². The summed E-state index contributed by atoms with van der Waals surface area (Å²) in [6.45, 7) is 1.88. The van der Waals surface area contributed by atoms with E-state index in [1.54, 1.807) is 0 Å². The zero-order chi connectivity index (χ0) is 7.35. The van der Waals surface area contributed by atoms with Crippen molar-refractivity contribution in [1.82, 2.24) is 0 Å². The Labute approximate surface area is 60.2 Å². The topological polar surface area (TPSA) is 37.3 Å². The minimum Gasteiger partial charge on any atom is -0.481 e. The third-order valence-corrected chi connectivity index (χ3v) is 3.01. The standard InChI is InChI=1S/C8H12O2/c1-8(7(9)10)3-5-2-6(5)4-8/h5-6H,2-4H2,1H3,(H,9,10). The number of hydrogen-bond acceptors (Lipinski definition) is 1. The van der Waals surface area contributed by atoms with Gasteiger partial charge in [0.15, 0.2) is 0 Å². The Balaban J connectivity index is 2.11. The summed E-state index contributed by atoms with van der Waals surface area (Å²) in [5.74, 6) is 0.932. The van der Waals surface area contributed by atoms with Crippen LogP contribution in [-0.4, -0.2) is 11.1 Å². The lowest BCUT2D eigenvalue weighted by Gasteiger charge is -2.18. The molecule has 0 amide bonds. The molecule has 2 fully saturated rings. The smallest absolute Gasteiger partial charge is 0.309 e. The van der Waals surface area contributed by atoms with E-state index in [0.29, 0.717) is 0 Å². The van der Waals surface area contributed by atoms with Crippen LogP contribution in [0, 0.1) is 17.3 Å². The molecule has 10 heavy (non-hydrogen) atoms. The molecule has 1 N–H and O–H groups in total. The normalized spacial score (nSPS) is 50.5. The number of carboxylic acids is 1. The lowest BCUT2D eigenvalue weighted by molar-refractivity contribution is -0.148. The molecule has 2 saturated carbocycles. The molecule has 2 heteroatoms. The Hall–Kier alpha value is -0.530. The Kier molecular flexibility index (Phi) is 0.960. The van der Waals surface area contributed by atoms with Gasteiger partial charge in [-0.2, -0.15) is 0 Å². The molecule has 2 atom stereocenters. The van der Waals surface area contributed by atoms with E-state index in [4.69, 9.17) is 5.11 Å². The second-order valence-corrected chi connectivity index (χ2v) is 4.03. The van der Waals surface area contributed by atoms with E-state index < -0.39 is 5.97 Å². The summed E-state index contributed by atoms with van der Waals surface area (Å²) in [6.07, 6.45) is 3.14. The largest absolute Gasteiger partial charge is 0.481 e. The van der Waals surface area contributed by atoms with Crippen molar-refractivity contribution in [3.05, 3.63) is 0 Å². The SMILES string of the molecule is CC1(C(=O)O)CC2CC2C1. The van der Waals surface area contributed by atoms with Crippen molar-refractivity contribution in [2.75, 3.05) is 0 Å². The van der Waals surface area contributed by atoms with Crippen molar-refractivity contribution in [3.8, 4) is 0 Å². The Morgan fingerprint density at radius 1 is 1.50 bits per heavy atom. The zero-order valence-electron chi connectivity index (χ0n) is 6.13. The second-order valence-electron chi connectivity index (χ2n) is 4.03. The molecule has 0 saturated heterocycles. The number of rotatable bonds is 1. The summed E-state index contributed by atoms with van der Waals surface area (Å²) in [6, 6.07) is 0. The lowest BCUT2D eigenvalue weighted by Crippen LogP contribution is -2.25. The number of hydrogen-bond donors (Lipinski definition) is 1. The van der Waals surface area contributed by atoms with E-state index >= 15 is 0 Å². The molecule has 0 aromatic heterocycles. The molecule has 0 spiro atoms. The second kappa shape index (κ2) is 1.55. The average molecular weight is 140 g/mol. The van der Waals surface area contributed by atoms with Crippen LogP contribution < -0.4 is 0 Å². The van der Waals surface area contributed by atoms with Gasteiger partial charge in [0.1, 0.15) is 0 Å². The maximum atomic E-state index is 10.7. The Bertz CT molecular complexity index is 176. The fourth-order valence-corrected chi connectivity index (χ4v) is 2.23. The molecule has 2 aliphatic carbocycles. The van der Waals surface area contributed by atoms with Crippen molar-refractivity contribution in [1.29, 1.82) is 0 Å². The zero-order valence-corrected chi connectivity index (χ0v) is 6.13. The van der Waals surface area contributed by atoms with E-state index in [0.717, 1.165) is 24.7 Å². The quantitative estimate of drug-likeness (QED) is 0.599. The van der Waals surface area contributed by atoms with Crippen LogP contribution in [0.15, 0.2) is 0 Å². The highest BCUT2D eigenvalue weighted by Crippen LogP contribution is 2.59. The van der Waals surface area contributed by atoms with Crippen molar-refractivity contribution in [2.24, 2.45) is 17.3 Å². The number of carboxylic acid groups (broad SMARTS) is 1. The van der Waals surface area contributed by atoms with E-state index in [9.17, 15) is 4.79 Å². The predicted octanol–water partition coefficient (Wildman–Crippen LogP) is 1.51. The van der Waals surface area contributed by atoms with Crippen LogP contribution in [0.2, 0.25) is 0 Å². The van der Waals surface area contributed by atoms with Gasteiger partial charge in [0, 0.05) is 0 Å². The number of carbonyl (C=O) groups is 1. The molecule has 0 aromatic rings. The minimum atomic E-state index is -0.597. The highest BCUT2D eigenvalue weighted by molar-refractivity contribution is 5.74. The summed E-state index contributed by atoms with van der Waals surface area (Å²) >= 11 is 0. The summed E-state index contributed by atoms with van der Waals surface area (Å²) in [5, 5.41) is 8.81. The molecule has 2 nitrogen and oxygen atoms in total. The van der Waals surface area contributed by atoms with E-state index in [1.165, 1.54) is 6.42 Å². The molecule has 2 unspecified atom stereocenters. The van der Waals surface area contributed by atoms with Gasteiger partial charge in [-0.25, -0.2) is 0 Å². The first-order valence-corrected chi connectivity index (χ1v) is 3.85. The van der Waals surface area contributed by atoms with Crippen LogP contribution in [0.1, 0.15) is 26.2 Å². The summed E-state index contributed by atoms with van der Waals surface area (Å²) in [4.78, 5) is 10.7. The Morgan fingerprint density at radius 3 is 2.30 bits per heavy atom. The molecule has 0 bridgehead atoms. The van der Waals surface area contributed by atoms with Gasteiger partial charge in [-0.1, -0.05) is 0 Å². The van der Waals surface area contributed by atoms with Crippen molar-refractivity contribution in [2.45, 2.75) is 26.2 Å². The highest BCUT2D eigenvalue weighted by Gasteiger charge is 2.54. The van der Waals surface area contributed by atoms with Crippen LogP contribution in [0.4, 0.5) is 0 Å². The van der Waals surface area contributed by atoms with Gasteiger partial charge >= 0.3 is 5.97 Å². The predicted molar refractivity (Wildman–Crippen MR) is 36.6 cm³/mol. The molecule has 0 aliphatic heterocycles. The molecule has 2 rings (SSSR count). The van der Waals surface area contributed by atoms with E-state index in [-0.39, 0.29) is 5.41 Å².